The summed E-state index contributed by atoms with van der Waals surface area (Å²) in [5, 5.41) is 12.5. The van der Waals surface area contributed by atoms with E-state index in [1.54, 1.807) is 0 Å². The Balaban J connectivity index is 1.83. The van der Waals surface area contributed by atoms with Crippen LogP contribution in [0.15, 0.2) is 0 Å². The maximum Gasteiger partial charge on any atom is 0.240 e. The Labute approximate surface area is 144 Å². The van der Waals surface area contributed by atoms with Crippen molar-refractivity contribution in [3.05, 3.63) is 0 Å². The number of hydrogen-bond donors (Lipinski definition) is 5. The molecular weight excluding hydrogens is 306 g/mol. The molecule has 2 saturated heterocycles. The Morgan fingerprint density at radius 1 is 1.00 bits per heavy atom. The lowest BCUT2D eigenvalue weighted by molar-refractivity contribution is -0.130. The molecule has 7 heteroatoms. The summed E-state index contributed by atoms with van der Waals surface area (Å²) in [7, 11) is 0. The van der Waals surface area contributed by atoms with Gasteiger partial charge in [-0.3, -0.25) is 9.59 Å². The van der Waals surface area contributed by atoms with Crippen molar-refractivity contribution in [2.24, 2.45) is 5.73 Å². The van der Waals surface area contributed by atoms with Gasteiger partial charge in [0.25, 0.3) is 0 Å². The van der Waals surface area contributed by atoms with Crippen LogP contribution in [0.1, 0.15) is 52.4 Å². The second kappa shape index (κ2) is 8.27. The van der Waals surface area contributed by atoms with Crippen molar-refractivity contribution in [2.45, 2.75) is 69.5 Å². The van der Waals surface area contributed by atoms with Crippen LogP contribution in [0.2, 0.25) is 0 Å². The molecule has 0 aromatic heterocycles. The molecule has 3 unspecified atom stereocenters. The monoisotopic (exact) mass is 339 g/mol. The van der Waals surface area contributed by atoms with Gasteiger partial charge in [-0.25, -0.2) is 0 Å². The van der Waals surface area contributed by atoms with E-state index >= 15 is 0 Å². The average molecular weight is 339 g/mol. The van der Waals surface area contributed by atoms with Crippen LogP contribution in [-0.4, -0.2) is 55.1 Å². The zero-order valence-corrected chi connectivity index (χ0v) is 15.0. The van der Waals surface area contributed by atoms with Crippen LogP contribution >= 0.6 is 0 Å². The third-order valence-electron chi connectivity index (χ3n) is 5.37. The van der Waals surface area contributed by atoms with Gasteiger partial charge in [0, 0.05) is 13.1 Å². The summed E-state index contributed by atoms with van der Waals surface area (Å²) in [5.74, 6) is -0.0502. The number of carbonyl (C=O) groups excluding carboxylic acids is 2. The van der Waals surface area contributed by atoms with E-state index < -0.39 is 11.1 Å². The van der Waals surface area contributed by atoms with Crippen molar-refractivity contribution >= 4 is 11.8 Å². The quantitative estimate of drug-likeness (QED) is 0.453. The number of carbonyl (C=O) groups is 2. The van der Waals surface area contributed by atoms with Gasteiger partial charge in [-0.15, -0.1) is 0 Å². The molecule has 0 aromatic rings. The van der Waals surface area contributed by atoms with E-state index in [9.17, 15) is 9.59 Å². The average Bonchev–Trinajstić information content (AvgIpc) is 2.59. The lowest BCUT2D eigenvalue weighted by Gasteiger charge is -2.36. The molecular formula is C17H33N5O2. The molecule has 24 heavy (non-hydrogen) atoms. The third-order valence-corrected chi connectivity index (χ3v) is 5.37. The third kappa shape index (κ3) is 4.68. The fraction of sp³-hybridized carbons (Fsp3) is 0.882. The predicted molar refractivity (Wildman–Crippen MR) is 94.5 cm³/mol. The zero-order chi connectivity index (χ0) is 17.6. The number of amides is 2. The standard InChI is InChI=1S/C17H33N5O2/c1-16(7-3-5-9-20-16)14(23)19-12-13(11-18)22-15(24)17(2)8-4-6-10-21-17/h13,20-21H,3-12,18H2,1-2H3,(H,19,23)(H,22,24). The van der Waals surface area contributed by atoms with Gasteiger partial charge in [0.15, 0.2) is 0 Å². The van der Waals surface area contributed by atoms with Gasteiger partial charge in [0.2, 0.25) is 11.8 Å². The highest BCUT2D eigenvalue weighted by Crippen LogP contribution is 2.19. The molecule has 2 fully saturated rings. The number of hydrogen-bond acceptors (Lipinski definition) is 5. The van der Waals surface area contributed by atoms with E-state index in [4.69, 9.17) is 5.73 Å². The first kappa shape index (κ1) is 19.1. The number of nitrogens with one attached hydrogen (secondary N) is 4. The molecule has 3 atom stereocenters. The van der Waals surface area contributed by atoms with E-state index in [0.717, 1.165) is 51.6 Å². The molecule has 7 nitrogen and oxygen atoms in total. The van der Waals surface area contributed by atoms with Crippen molar-refractivity contribution in [1.82, 2.24) is 21.3 Å². The summed E-state index contributed by atoms with van der Waals surface area (Å²) in [6, 6.07) is -0.255. The van der Waals surface area contributed by atoms with E-state index in [1.165, 1.54) is 0 Å². The molecule has 2 heterocycles. The fourth-order valence-corrected chi connectivity index (χ4v) is 3.45. The summed E-state index contributed by atoms with van der Waals surface area (Å²) < 4.78 is 0. The van der Waals surface area contributed by atoms with Crippen LogP contribution in [0.5, 0.6) is 0 Å². The first-order chi connectivity index (χ1) is 11.4. The lowest BCUT2D eigenvalue weighted by Crippen LogP contribution is -2.62. The SMILES string of the molecule is CC1(C(=O)NCC(CN)NC(=O)C2(C)CCCCN2)CCCCN1. The smallest absolute Gasteiger partial charge is 0.240 e. The van der Waals surface area contributed by atoms with Crippen LogP contribution in [-0.2, 0) is 9.59 Å². The molecule has 2 rings (SSSR count). The van der Waals surface area contributed by atoms with Crippen molar-refractivity contribution in [2.75, 3.05) is 26.2 Å². The fourth-order valence-electron chi connectivity index (χ4n) is 3.45. The summed E-state index contributed by atoms with van der Waals surface area (Å²) in [6.07, 6.45) is 5.97. The minimum Gasteiger partial charge on any atom is -0.352 e. The normalized spacial score (nSPS) is 32.0. The Hall–Kier alpha value is -1.18. The van der Waals surface area contributed by atoms with E-state index in [2.05, 4.69) is 21.3 Å². The second-order valence-electron chi connectivity index (χ2n) is 7.55. The predicted octanol–water partition coefficient (Wildman–Crippen LogP) is -0.389. The Morgan fingerprint density at radius 2 is 1.54 bits per heavy atom. The molecule has 2 aliphatic heterocycles. The number of piperidine rings is 2. The van der Waals surface area contributed by atoms with Crippen LogP contribution in [0, 0.1) is 0 Å². The highest BCUT2D eigenvalue weighted by atomic mass is 16.2. The molecule has 0 spiro atoms. The first-order valence-corrected chi connectivity index (χ1v) is 9.19. The molecule has 0 bridgehead atoms. The van der Waals surface area contributed by atoms with Crippen molar-refractivity contribution in [3.63, 3.8) is 0 Å². The maximum absolute atomic E-state index is 12.5. The largest absolute Gasteiger partial charge is 0.352 e. The summed E-state index contributed by atoms with van der Waals surface area (Å²) in [4.78, 5) is 25.0. The molecule has 0 saturated carbocycles. The molecule has 0 radical (unpaired) electrons. The van der Waals surface area contributed by atoms with Crippen molar-refractivity contribution in [3.8, 4) is 0 Å². The Bertz CT molecular complexity index is 442. The van der Waals surface area contributed by atoms with E-state index in [0.29, 0.717) is 13.1 Å². The minimum absolute atomic E-state index is 0.0168. The molecule has 2 amide bonds. The van der Waals surface area contributed by atoms with Crippen LogP contribution < -0.4 is 27.0 Å². The maximum atomic E-state index is 12.5. The lowest BCUT2D eigenvalue weighted by atomic mass is 9.89. The molecule has 6 N–H and O–H groups in total. The Kier molecular flexibility index (Phi) is 6.60. The molecule has 138 valence electrons. The van der Waals surface area contributed by atoms with Crippen LogP contribution in [0.4, 0.5) is 0 Å². The van der Waals surface area contributed by atoms with Gasteiger partial charge < -0.3 is 27.0 Å². The molecule has 2 aliphatic rings. The van der Waals surface area contributed by atoms with Gasteiger partial charge in [-0.05, 0) is 65.5 Å². The summed E-state index contributed by atoms with van der Waals surface area (Å²) in [6.45, 7) is 6.24. The van der Waals surface area contributed by atoms with Gasteiger partial charge in [0.05, 0.1) is 17.1 Å². The van der Waals surface area contributed by atoms with Gasteiger partial charge in [-0.1, -0.05) is 0 Å². The minimum atomic E-state index is -0.535. The summed E-state index contributed by atoms with van der Waals surface area (Å²) >= 11 is 0. The highest BCUT2D eigenvalue weighted by Gasteiger charge is 2.36. The van der Waals surface area contributed by atoms with E-state index in [1.807, 2.05) is 13.8 Å². The summed E-state index contributed by atoms with van der Waals surface area (Å²) in [5.41, 5.74) is 4.74. The van der Waals surface area contributed by atoms with Gasteiger partial charge >= 0.3 is 0 Å². The highest BCUT2D eigenvalue weighted by molar-refractivity contribution is 5.87. The van der Waals surface area contributed by atoms with E-state index in [-0.39, 0.29) is 17.9 Å². The van der Waals surface area contributed by atoms with Gasteiger partial charge in [-0.2, -0.15) is 0 Å². The number of rotatable bonds is 6. The molecule has 0 aliphatic carbocycles. The topological polar surface area (TPSA) is 108 Å². The van der Waals surface area contributed by atoms with Gasteiger partial charge in [0.1, 0.15) is 0 Å². The molecule has 0 aromatic carbocycles. The number of nitrogens with two attached hydrogens (primary N) is 1. The van der Waals surface area contributed by atoms with Crippen molar-refractivity contribution in [1.29, 1.82) is 0 Å². The van der Waals surface area contributed by atoms with Crippen LogP contribution in [0.3, 0.4) is 0 Å². The Morgan fingerprint density at radius 3 is 2.00 bits per heavy atom. The second-order valence-corrected chi connectivity index (χ2v) is 7.55. The first-order valence-electron chi connectivity index (χ1n) is 9.19. The van der Waals surface area contributed by atoms with Crippen molar-refractivity contribution < 1.29 is 9.59 Å². The van der Waals surface area contributed by atoms with Crippen LogP contribution in [0.25, 0.3) is 0 Å². The zero-order valence-electron chi connectivity index (χ0n) is 15.0.